The number of halogens is 1. The van der Waals surface area contributed by atoms with Gasteiger partial charge in [-0.15, -0.1) is 0 Å². The lowest BCUT2D eigenvalue weighted by molar-refractivity contribution is -0.137. The van der Waals surface area contributed by atoms with E-state index in [0.29, 0.717) is 19.3 Å². The summed E-state index contributed by atoms with van der Waals surface area (Å²) in [4.78, 5) is 10.7. The Balaban J connectivity index is 1.53. The van der Waals surface area contributed by atoms with Crippen LogP contribution in [-0.2, 0) is 4.79 Å². The number of carbonyl (C=O) groups is 1. The van der Waals surface area contributed by atoms with Gasteiger partial charge in [0, 0.05) is 23.8 Å². The van der Waals surface area contributed by atoms with Crippen molar-refractivity contribution >= 4 is 5.97 Å². The second-order valence-electron chi connectivity index (χ2n) is 9.69. The summed E-state index contributed by atoms with van der Waals surface area (Å²) in [5.41, 5.74) is 0.837. The van der Waals surface area contributed by atoms with E-state index < -0.39 is 18.2 Å². The molecular weight excluding hydrogens is 415 g/mol. The molecule has 2 aliphatic carbocycles. The monoisotopic (exact) mass is 452 g/mol. The normalized spacial score (nSPS) is 24.1. The summed E-state index contributed by atoms with van der Waals surface area (Å²) in [6.45, 7) is 0. The molecule has 0 bridgehead atoms. The number of benzene rings is 1. The predicted octanol–water partition coefficient (Wildman–Crippen LogP) is 6.47. The number of hydrogen-bond acceptors (Lipinski definition) is 2. The molecule has 3 nitrogen and oxygen atoms in total. The molecule has 0 radical (unpaired) electrons. The molecule has 0 spiro atoms. The van der Waals surface area contributed by atoms with Crippen LogP contribution in [0.25, 0.3) is 0 Å². The van der Waals surface area contributed by atoms with E-state index in [0.717, 1.165) is 50.5 Å². The molecule has 0 heterocycles. The molecule has 1 aromatic rings. The highest BCUT2D eigenvalue weighted by molar-refractivity contribution is 5.66. The van der Waals surface area contributed by atoms with E-state index in [1.54, 1.807) is 0 Å². The molecule has 1 aromatic carbocycles. The van der Waals surface area contributed by atoms with Crippen LogP contribution in [0.1, 0.15) is 76.2 Å². The van der Waals surface area contributed by atoms with Crippen LogP contribution >= 0.6 is 0 Å². The number of aliphatic hydroxyl groups excluding tert-OH is 1. The largest absolute Gasteiger partial charge is 0.481 e. The van der Waals surface area contributed by atoms with Gasteiger partial charge in [0.2, 0.25) is 0 Å². The molecule has 4 atom stereocenters. The van der Waals surface area contributed by atoms with Crippen LogP contribution in [0.5, 0.6) is 0 Å². The first-order chi connectivity index (χ1) is 16.0. The van der Waals surface area contributed by atoms with Gasteiger partial charge in [-0.25, -0.2) is 4.39 Å². The number of allylic oxidation sites excluding steroid dienone is 3. The first kappa shape index (κ1) is 25.2. The van der Waals surface area contributed by atoms with Gasteiger partial charge in [-0.05, 0) is 62.5 Å². The first-order valence-electron chi connectivity index (χ1n) is 12.4. The summed E-state index contributed by atoms with van der Waals surface area (Å²) in [7, 11) is 0. The van der Waals surface area contributed by atoms with E-state index in [-0.39, 0.29) is 23.7 Å². The van der Waals surface area contributed by atoms with E-state index >= 15 is 0 Å². The fraction of sp³-hybridized carbons (Fsp3) is 0.552. The van der Waals surface area contributed by atoms with E-state index in [2.05, 4.69) is 17.9 Å². The minimum Gasteiger partial charge on any atom is -0.481 e. The summed E-state index contributed by atoms with van der Waals surface area (Å²) in [5.74, 6) is 5.75. The molecule has 2 saturated carbocycles. The van der Waals surface area contributed by atoms with Crippen molar-refractivity contribution in [3.8, 4) is 11.8 Å². The number of carboxylic acids is 1. The maximum Gasteiger partial charge on any atom is 0.303 e. The minimum absolute atomic E-state index is 0.0335. The zero-order chi connectivity index (χ0) is 23.5. The van der Waals surface area contributed by atoms with E-state index in [9.17, 15) is 14.3 Å². The number of rotatable bonds is 10. The first-order valence-corrected chi connectivity index (χ1v) is 12.4. The van der Waals surface area contributed by atoms with Gasteiger partial charge in [0.25, 0.3) is 0 Å². The molecule has 2 fully saturated rings. The van der Waals surface area contributed by atoms with Crippen LogP contribution in [0.3, 0.4) is 0 Å². The third-order valence-corrected chi connectivity index (χ3v) is 7.40. The van der Waals surface area contributed by atoms with Crippen molar-refractivity contribution in [2.45, 2.75) is 82.9 Å². The lowest BCUT2D eigenvalue weighted by atomic mass is 9.63. The van der Waals surface area contributed by atoms with Gasteiger partial charge in [0.1, 0.15) is 6.17 Å². The van der Waals surface area contributed by atoms with Crippen molar-refractivity contribution < 1.29 is 19.4 Å². The highest BCUT2D eigenvalue weighted by Crippen LogP contribution is 2.47. The minimum atomic E-state index is -0.949. The standard InChI is InChI=1S/C29H37FO3/c30-26(17-8-19-28(32)33)25-16-6-4-14-24(25)15-5-7-18-27(31)29(21-10-22-29)20-9-13-23-11-2-1-3-12-23/h1-3,5,7,11-12,15,18,24-27,31H,4,6,8,10,14,16-17,19-22H2,(H,32,33)/b15-5+,18-7+/t24-,25-,26+,27+/m0/s1. The molecule has 0 aliphatic heterocycles. The topological polar surface area (TPSA) is 57.5 Å². The molecule has 4 heteroatoms. The Labute approximate surface area is 197 Å². The maximum atomic E-state index is 14.8. The molecular formula is C29H37FO3. The Morgan fingerprint density at radius 3 is 2.61 bits per heavy atom. The van der Waals surface area contributed by atoms with Gasteiger partial charge in [0.15, 0.2) is 0 Å². The fourth-order valence-electron chi connectivity index (χ4n) is 5.17. The van der Waals surface area contributed by atoms with Crippen LogP contribution in [-0.4, -0.2) is 28.5 Å². The second-order valence-corrected chi connectivity index (χ2v) is 9.69. The molecule has 33 heavy (non-hydrogen) atoms. The van der Waals surface area contributed by atoms with E-state index in [1.165, 1.54) is 0 Å². The lowest BCUT2D eigenvalue weighted by Gasteiger charge is -2.43. The molecule has 2 N–H and O–H groups in total. The van der Waals surface area contributed by atoms with Gasteiger partial charge in [-0.1, -0.05) is 73.6 Å². The average Bonchev–Trinajstić information content (AvgIpc) is 2.79. The number of hydrogen-bond donors (Lipinski definition) is 2. The van der Waals surface area contributed by atoms with Crippen LogP contribution in [0.2, 0.25) is 0 Å². The van der Waals surface area contributed by atoms with Crippen LogP contribution in [0, 0.1) is 29.1 Å². The SMILES string of the molecule is O=C(O)CCC[C@@H](F)[C@H]1CCCC[C@H]1/C=C/C=C/[C@@H](O)C1(CC#Cc2ccccc2)CCC1. The number of aliphatic carboxylic acids is 1. The van der Waals surface area contributed by atoms with Gasteiger partial charge in [-0.3, -0.25) is 4.79 Å². The Morgan fingerprint density at radius 1 is 1.15 bits per heavy atom. The van der Waals surface area contributed by atoms with Gasteiger partial charge < -0.3 is 10.2 Å². The maximum absolute atomic E-state index is 14.8. The average molecular weight is 453 g/mol. The summed E-state index contributed by atoms with van der Waals surface area (Å²) in [6, 6.07) is 9.92. The number of carboxylic acid groups (broad SMARTS) is 1. The van der Waals surface area contributed by atoms with Crippen LogP contribution in [0.15, 0.2) is 54.6 Å². The summed E-state index contributed by atoms with van der Waals surface area (Å²) >= 11 is 0. The van der Waals surface area contributed by atoms with Crippen molar-refractivity contribution in [3.63, 3.8) is 0 Å². The summed E-state index contributed by atoms with van der Waals surface area (Å²) < 4.78 is 14.8. The molecule has 2 aliphatic rings. The van der Waals surface area contributed by atoms with Crippen LogP contribution < -0.4 is 0 Å². The van der Waals surface area contributed by atoms with E-state index in [1.807, 2.05) is 48.6 Å². The Hall–Kier alpha value is -2.38. The predicted molar refractivity (Wildman–Crippen MR) is 130 cm³/mol. The molecule has 0 amide bonds. The van der Waals surface area contributed by atoms with Crippen molar-refractivity contribution in [1.82, 2.24) is 0 Å². The van der Waals surface area contributed by atoms with Crippen molar-refractivity contribution in [1.29, 1.82) is 0 Å². The summed E-state index contributed by atoms with van der Waals surface area (Å²) in [6.07, 6.45) is 14.8. The Bertz CT molecular complexity index is 860. The fourth-order valence-corrected chi connectivity index (χ4v) is 5.17. The molecule has 0 aromatic heterocycles. The smallest absolute Gasteiger partial charge is 0.303 e. The van der Waals surface area contributed by atoms with E-state index in [4.69, 9.17) is 5.11 Å². The van der Waals surface area contributed by atoms with Crippen molar-refractivity contribution in [2.24, 2.45) is 17.3 Å². The molecule has 0 saturated heterocycles. The molecule has 178 valence electrons. The third-order valence-electron chi connectivity index (χ3n) is 7.40. The highest BCUT2D eigenvalue weighted by atomic mass is 19.1. The number of aliphatic hydroxyl groups is 1. The zero-order valence-electron chi connectivity index (χ0n) is 19.5. The van der Waals surface area contributed by atoms with Crippen molar-refractivity contribution in [3.05, 3.63) is 60.2 Å². The Morgan fingerprint density at radius 2 is 1.91 bits per heavy atom. The third kappa shape index (κ3) is 7.57. The number of alkyl halides is 1. The van der Waals surface area contributed by atoms with Crippen molar-refractivity contribution in [2.75, 3.05) is 0 Å². The van der Waals surface area contributed by atoms with Crippen LogP contribution in [0.4, 0.5) is 4.39 Å². The van der Waals surface area contributed by atoms with Gasteiger partial charge in [-0.2, -0.15) is 0 Å². The van der Waals surface area contributed by atoms with Gasteiger partial charge >= 0.3 is 5.97 Å². The van der Waals surface area contributed by atoms with Gasteiger partial charge in [0.05, 0.1) is 6.10 Å². The quantitative estimate of drug-likeness (QED) is 0.316. The second kappa shape index (κ2) is 12.8. The lowest BCUT2D eigenvalue weighted by Crippen LogP contribution is -2.40. The Kier molecular flexibility index (Phi) is 9.76. The highest BCUT2D eigenvalue weighted by Gasteiger charge is 2.41. The zero-order valence-corrected chi connectivity index (χ0v) is 19.5. The summed E-state index contributed by atoms with van der Waals surface area (Å²) in [5, 5.41) is 19.6. The molecule has 3 rings (SSSR count). The molecule has 0 unspecified atom stereocenters.